The summed E-state index contributed by atoms with van der Waals surface area (Å²) in [5.74, 6) is 2.21. The summed E-state index contributed by atoms with van der Waals surface area (Å²) in [6.45, 7) is 3.13. The molecule has 2 saturated heterocycles. The number of pyridine rings is 1. The Morgan fingerprint density at radius 2 is 1.82 bits per heavy atom. The summed E-state index contributed by atoms with van der Waals surface area (Å²) in [4.78, 5) is 39.4. The number of carbonyl (C=O) groups is 2. The predicted octanol–water partition coefficient (Wildman–Crippen LogP) is 5.53. The molecule has 4 heterocycles. The molecule has 2 fully saturated rings. The second kappa shape index (κ2) is 13.5. The van der Waals surface area contributed by atoms with Crippen molar-refractivity contribution in [2.75, 3.05) is 24.5 Å². The summed E-state index contributed by atoms with van der Waals surface area (Å²) in [7, 11) is 0. The Morgan fingerprint density at radius 1 is 1.05 bits per heavy atom. The lowest BCUT2D eigenvalue weighted by Crippen LogP contribution is -2.38. The second-order valence-corrected chi connectivity index (χ2v) is 11.5. The zero-order chi connectivity index (χ0) is 30.3. The number of nitrogens with one attached hydrogen (secondary N) is 2. The van der Waals surface area contributed by atoms with E-state index >= 15 is 0 Å². The maximum absolute atomic E-state index is 11.9. The summed E-state index contributed by atoms with van der Waals surface area (Å²) in [5, 5.41) is 15.2. The van der Waals surface area contributed by atoms with Crippen LogP contribution in [-0.4, -0.2) is 45.7 Å². The molecule has 0 atom stereocenters. The molecule has 0 aliphatic carbocycles. The van der Waals surface area contributed by atoms with Crippen molar-refractivity contribution in [3.8, 4) is 28.8 Å². The first kappa shape index (κ1) is 29.0. The van der Waals surface area contributed by atoms with Gasteiger partial charge in [-0.1, -0.05) is 18.2 Å². The molecule has 0 spiro atoms. The van der Waals surface area contributed by atoms with Gasteiger partial charge >= 0.3 is 0 Å². The van der Waals surface area contributed by atoms with Gasteiger partial charge in [0, 0.05) is 37.6 Å². The topological polar surface area (TPSA) is 133 Å². The molecule has 11 heteroatoms. The summed E-state index contributed by atoms with van der Waals surface area (Å²) < 4.78 is 5.87. The first-order valence-corrected chi connectivity index (χ1v) is 15.1. The Balaban J connectivity index is 0.992. The van der Waals surface area contributed by atoms with Crippen molar-refractivity contribution in [2.24, 2.45) is 5.92 Å². The number of ether oxygens (including phenoxy) is 1. The van der Waals surface area contributed by atoms with Crippen LogP contribution in [0.25, 0.3) is 17.3 Å². The van der Waals surface area contributed by atoms with Crippen molar-refractivity contribution in [2.45, 2.75) is 19.4 Å². The van der Waals surface area contributed by atoms with Gasteiger partial charge in [0.2, 0.25) is 5.95 Å². The lowest BCUT2D eigenvalue weighted by atomic mass is 9.97. The average molecular weight is 604 g/mol. The van der Waals surface area contributed by atoms with Crippen LogP contribution in [0.4, 0.5) is 10.7 Å². The summed E-state index contributed by atoms with van der Waals surface area (Å²) in [6, 6.07) is 23.1. The number of hydrogen-bond acceptors (Lipinski definition) is 10. The van der Waals surface area contributed by atoms with Gasteiger partial charge in [-0.15, -0.1) is 0 Å². The van der Waals surface area contributed by atoms with Crippen molar-refractivity contribution in [1.82, 2.24) is 25.6 Å². The van der Waals surface area contributed by atoms with E-state index in [1.165, 1.54) is 0 Å². The van der Waals surface area contributed by atoms with Gasteiger partial charge in [-0.25, -0.2) is 9.97 Å². The average Bonchev–Trinajstić information content (AvgIpc) is 3.38. The van der Waals surface area contributed by atoms with Gasteiger partial charge in [-0.2, -0.15) is 5.26 Å². The first-order valence-electron chi connectivity index (χ1n) is 14.3. The summed E-state index contributed by atoms with van der Waals surface area (Å²) >= 11 is 0.875. The molecule has 2 aromatic heterocycles. The predicted molar refractivity (Wildman–Crippen MR) is 169 cm³/mol. The van der Waals surface area contributed by atoms with E-state index in [9.17, 15) is 14.9 Å². The van der Waals surface area contributed by atoms with Crippen molar-refractivity contribution < 1.29 is 14.3 Å². The van der Waals surface area contributed by atoms with Gasteiger partial charge in [0.15, 0.2) is 0 Å². The summed E-state index contributed by atoms with van der Waals surface area (Å²) in [5.41, 5.74) is 3.60. The van der Waals surface area contributed by atoms with Crippen LogP contribution in [0.2, 0.25) is 0 Å². The van der Waals surface area contributed by atoms with E-state index in [0.29, 0.717) is 40.3 Å². The maximum Gasteiger partial charge on any atom is 0.290 e. The molecule has 44 heavy (non-hydrogen) atoms. The quantitative estimate of drug-likeness (QED) is 0.235. The molecule has 6 rings (SSSR count). The number of piperidine rings is 1. The van der Waals surface area contributed by atoms with Gasteiger partial charge < -0.3 is 15.0 Å². The molecule has 4 aromatic rings. The largest absolute Gasteiger partial charge is 0.457 e. The molecular formula is C33H29N7O3S. The number of amides is 2. The van der Waals surface area contributed by atoms with Crippen LogP contribution >= 0.6 is 11.8 Å². The number of para-hydroxylation sites is 1. The monoisotopic (exact) mass is 603 g/mol. The highest BCUT2D eigenvalue weighted by Gasteiger charge is 2.26. The molecule has 10 nitrogen and oxygen atoms in total. The molecule has 0 saturated carbocycles. The summed E-state index contributed by atoms with van der Waals surface area (Å²) in [6.07, 6.45) is 7.08. The molecule has 220 valence electrons. The number of benzene rings is 2. The minimum absolute atomic E-state index is 0.333. The fraction of sp³-hybridized carbons (Fsp3) is 0.212. The number of nitrogens with zero attached hydrogens (tertiary/aromatic N) is 5. The number of thioether (sulfide) groups is 1. The third-order valence-electron chi connectivity index (χ3n) is 7.42. The Bertz CT molecular complexity index is 1730. The molecule has 0 unspecified atom stereocenters. The minimum Gasteiger partial charge on any atom is -0.457 e. The third-order valence-corrected chi connectivity index (χ3v) is 8.23. The molecule has 0 radical (unpaired) electrons. The van der Waals surface area contributed by atoms with Gasteiger partial charge in [-0.05, 0) is 97.2 Å². The van der Waals surface area contributed by atoms with Crippen molar-refractivity contribution >= 4 is 34.9 Å². The van der Waals surface area contributed by atoms with Crippen molar-refractivity contribution in [3.05, 3.63) is 101 Å². The van der Waals surface area contributed by atoms with E-state index in [-0.39, 0.29) is 5.24 Å². The maximum atomic E-state index is 11.9. The number of rotatable bonds is 9. The lowest BCUT2D eigenvalue weighted by molar-refractivity contribution is -0.115. The zero-order valence-electron chi connectivity index (χ0n) is 23.8. The van der Waals surface area contributed by atoms with Crippen LogP contribution in [0.5, 0.6) is 11.5 Å². The van der Waals surface area contributed by atoms with Crippen LogP contribution in [0.15, 0.2) is 84.0 Å². The van der Waals surface area contributed by atoms with Gasteiger partial charge in [0.25, 0.3) is 11.1 Å². The number of nitriles is 1. The highest BCUT2D eigenvalue weighted by Crippen LogP contribution is 2.28. The molecule has 2 amide bonds. The Hall–Kier alpha value is -5.05. The Kier molecular flexibility index (Phi) is 8.91. The fourth-order valence-corrected chi connectivity index (χ4v) is 5.80. The normalized spacial score (nSPS) is 16.2. The SMILES string of the molecule is N#Cc1cc(CNCC2CCN(c3nccc(/C=C4\SC(=O)NC4=O)n3)CC2)cnc1-c1ccc(Oc2ccccc2)cc1. The number of imide groups is 1. The van der Waals surface area contributed by atoms with E-state index < -0.39 is 5.91 Å². The number of aromatic nitrogens is 3. The van der Waals surface area contributed by atoms with Crippen LogP contribution in [0.3, 0.4) is 0 Å². The van der Waals surface area contributed by atoms with Gasteiger partial charge in [0.05, 0.1) is 21.9 Å². The standard InChI is InChI=1S/C33H29N7O3S/c34-18-25-16-23(21-37-30(25)24-6-8-28(9-7-24)43-27-4-2-1-3-5-27)20-35-19-22-11-14-40(15-12-22)32-36-13-10-26(38-32)17-29-31(41)39-33(42)44-29/h1-10,13,16-17,21-22,35H,11-12,14-15,19-20H2,(H,39,41,42)/b29-17-. The molecule has 2 aliphatic heterocycles. The Morgan fingerprint density at radius 3 is 2.55 bits per heavy atom. The number of hydrogen-bond donors (Lipinski definition) is 2. The third kappa shape index (κ3) is 7.11. The van der Waals surface area contributed by atoms with E-state index in [1.807, 2.05) is 66.9 Å². The van der Waals surface area contributed by atoms with Gasteiger partial charge in [0.1, 0.15) is 17.6 Å². The van der Waals surface area contributed by atoms with Gasteiger partial charge in [-0.3, -0.25) is 19.9 Å². The fourth-order valence-electron chi connectivity index (χ4n) is 5.13. The zero-order valence-corrected chi connectivity index (χ0v) is 24.6. The Labute approximate surface area is 259 Å². The number of carbonyl (C=O) groups excluding carboxylic acids is 2. The van der Waals surface area contributed by atoms with E-state index in [2.05, 4.69) is 36.6 Å². The first-order chi connectivity index (χ1) is 21.5. The molecule has 2 N–H and O–H groups in total. The number of anilines is 1. The lowest BCUT2D eigenvalue weighted by Gasteiger charge is -2.32. The molecular weight excluding hydrogens is 574 g/mol. The highest BCUT2D eigenvalue weighted by molar-refractivity contribution is 8.18. The molecule has 2 aromatic carbocycles. The van der Waals surface area contributed by atoms with E-state index in [1.54, 1.807) is 18.3 Å². The van der Waals surface area contributed by atoms with Crippen molar-refractivity contribution in [1.29, 1.82) is 5.26 Å². The van der Waals surface area contributed by atoms with Crippen LogP contribution in [-0.2, 0) is 11.3 Å². The van der Waals surface area contributed by atoms with Crippen molar-refractivity contribution in [3.63, 3.8) is 0 Å². The van der Waals surface area contributed by atoms with Crippen LogP contribution in [0, 0.1) is 17.2 Å². The molecule has 2 aliphatic rings. The van der Waals surface area contributed by atoms with E-state index in [4.69, 9.17) is 4.74 Å². The van der Waals surface area contributed by atoms with E-state index in [0.717, 1.165) is 66.9 Å². The molecule has 0 bridgehead atoms. The second-order valence-electron chi connectivity index (χ2n) is 10.5. The van der Waals surface area contributed by atoms with Crippen LogP contribution in [0.1, 0.15) is 29.7 Å². The highest BCUT2D eigenvalue weighted by atomic mass is 32.2. The van der Waals surface area contributed by atoms with Crippen LogP contribution < -0.4 is 20.3 Å². The smallest absolute Gasteiger partial charge is 0.290 e. The minimum atomic E-state index is -0.399.